The quantitative estimate of drug-likeness (QED) is 0.505. The number of nitrogens with one attached hydrogen (secondary N) is 2. The molecule has 2 heterocycles. The second-order valence-electron chi connectivity index (χ2n) is 11.2. The fourth-order valence-corrected chi connectivity index (χ4v) is 5.01. The molecule has 40 heavy (non-hydrogen) atoms. The van der Waals surface area contributed by atoms with Crippen molar-refractivity contribution < 1.29 is 23.9 Å². The van der Waals surface area contributed by atoms with Gasteiger partial charge in [-0.15, -0.1) is 0 Å². The van der Waals surface area contributed by atoms with Crippen LogP contribution in [0.1, 0.15) is 44.0 Å². The number of rotatable bonds is 7. The van der Waals surface area contributed by atoms with Crippen LogP contribution < -0.4 is 15.4 Å². The first-order chi connectivity index (χ1) is 19.1. The van der Waals surface area contributed by atoms with Gasteiger partial charge in [-0.1, -0.05) is 26.0 Å². The van der Waals surface area contributed by atoms with Gasteiger partial charge in [0.2, 0.25) is 17.7 Å². The van der Waals surface area contributed by atoms with E-state index in [1.54, 1.807) is 34.1 Å². The van der Waals surface area contributed by atoms with Crippen LogP contribution in [-0.4, -0.2) is 128 Å². The van der Waals surface area contributed by atoms with Crippen LogP contribution >= 0.6 is 0 Å². The maximum atomic E-state index is 13.7. The molecular weight excluding hydrogens is 512 g/mol. The average Bonchev–Trinajstić information content (AvgIpc) is 2.92. The summed E-state index contributed by atoms with van der Waals surface area (Å²) in [7, 11) is 4.06. The van der Waals surface area contributed by atoms with Gasteiger partial charge in [0.25, 0.3) is 5.91 Å². The van der Waals surface area contributed by atoms with Gasteiger partial charge in [-0.05, 0) is 45.5 Å². The maximum absolute atomic E-state index is 13.7. The Bertz CT molecular complexity index is 1020. The molecule has 11 nitrogen and oxygen atoms in total. The Hall–Kier alpha value is -3.18. The lowest BCUT2D eigenvalue weighted by molar-refractivity contribution is -0.139. The number of amides is 4. The fourth-order valence-electron chi connectivity index (χ4n) is 5.01. The number of para-hydroxylation sites is 1. The number of ether oxygens (including phenoxy) is 1. The van der Waals surface area contributed by atoms with Gasteiger partial charge in [-0.2, -0.15) is 0 Å². The van der Waals surface area contributed by atoms with Crippen molar-refractivity contribution in [1.82, 2.24) is 30.2 Å². The van der Waals surface area contributed by atoms with Crippen LogP contribution in [0.3, 0.4) is 0 Å². The number of hydrogen-bond acceptors (Lipinski definition) is 7. The zero-order valence-corrected chi connectivity index (χ0v) is 24.6. The third-order valence-electron chi connectivity index (χ3n) is 7.32. The standard InChI is InChI=1S/C29H46N6O5/c1-6-34-17-18-40-25-10-8-7-9-22(25)27(37)31-24(20-26(36)30-23(28(34)38)19-21(2)3)29(39)35-15-13-33(14-16-35)12-11-32(4)5/h7-10,21,23-24H,6,11-20H2,1-5H3,(H,30,36)(H,31,37)/t23-,24-/m0/s1. The van der Waals surface area contributed by atoms with Gasteiger partial charge >= 0.3 is 0 Å². The van der Waals surface area contributed by atoms with E-state index in [4.69, 9.17) is 4.74 Å². The normalized spacial score (nSPS) is 21.9. The number of benzene rings is 1. The van der Waals surface area contributed by atoms with Crippen molar-refractivity contribution in [2.75, 3.05) is 73.1 Å². The van der Waals surface area contributed by atoms with E-state index >= 15 is 0 Å². The van der Waals surface area contributed by atoms with E-state index in [0.717, 1.165) is 26.2 Å². The molecule has 0 saturated carbocycles. The van der Waals surface area contributed by atoms with Crippen LogP contribution in [0.25, 0.3) is 0 Å². The highest BCUT2D eigenvalue weighted by Crippen LogP contribution is 2.19. The third-order valence-corrected chi connectivity index (χ3v) is 7.32. The van der Waals surface area contributed by atoms with Gasteiger partial charge < -0.3 is 30.1 Å². The Kier molecular flexibility index (Phi) is 11.8. The molecular formula is C29H46N6O5. The minimum absolute atomic E-state index is 0.163. The van der Waals surface area contributed by atoms with Crippen molar-refractivity contribution in [2.45, 2.75) is 45.7 Å². The summed E-state index contributed by atoms with van der Waals surface area (Å²) in [6.45, 7) is 11.1. The van der Waals surface area contributed by atoms with Gasteiger partial charge in [0.1, 0.15) is 24.4 Å². The third kappa shape index (κ3) is 8.92. The molecule has 0 spiro atoms. The Balaban J connectivity index is 1.84. The summed E-state index contributed by atoms with van der Waals surface area (Å²) in [6, 6.07) is 5.01. The highest BCUT2D eigenvalue weighted by atomic mass is 16.5. The van der Waals surface area contributed by atoms with Crippen molar-refractivity contribution in [3.05, 3.63) is 29.8 Å². The summed E-state index contributed by atoms with van der Waals surface area (Å²) in [4.78, 5) is 61.6. The minimum Gasteiger partial charge on any atom is -0.491 e. The van der Waals surface area contributed by atoms with Crippen molar-refractivity contribution >= 4 is 23.6 Å². The Morgan fingerprint density at radius 1 is 1.05 bits per heavy atom. The summed E-state index contributed by atoms with van der Waals surface area (Å²) < 4.78 is 5.94. The number of hydrogen-bond donors (Lipinski definition) is 2. The van der Waals surface area contributed by atoms with E-state index in [2.05, 4.69) is 20.4 Å². The second kappa shape index (κ2) is 15.0. The van der Waals surface area contributed by atoms with Crippen LogP contribution in [0.2, 0.25) is 0 Å². The van der Waals surface area contributed by atoms with Crippen LogP contribution in [0.15, 0.2) is 24.3 Å². The van der Waals surface area contributed by atoms with Crippen molar-refractivity contribution in [3.63, 3.8) is 0 Å². The number of nitrogens with zero attached hydrogens (tertiary/aromatic N) is 4. The number of piperazine rings is 1. The minimum atomic E-state index is -1.08. The highest BCUT2D eigenvalue weighted by molar-refractivity contribution is 6.01. The molecule has 1 aromatic rings. The lowest BCUT2D eigenvalue weighted by atomic mass is 10.0. The molecule has 2 aliphatic rings. The summed E-state index contributed by atoms with van der Waals surface area (Å²) in [5.74, 6) is -0.881. The molecule has 2 N–H and O–H groups in total. The average molecular weight is 559 g/mol. The molecule has 0 radical (unpaired) electrons. The molecule has 1 fully saturated rings. The van der Waals surface area contributed by atoms with E-state index in [1.165, 1.54) is 0 Å². The molecule has 0 unspecified atom stereocenters. The van der Waals surface area contributed by atoms with E-state index in [9.17, 15) is 19.2 Å². The number of carbonyl (C=O) groups is 4. The Morgan fingerprint density at radius 2 is 1.75 bits per heavy atom. The predicted octanol–water partition coefficient (Wildman–Crippen LogP) is 0.653. The topological polar surface area (TPSA) is 115 Å². The summed E-state index contributed by atoms with van der Waals surface area (Å²) in [5, 5.41) is 5.67. The van der Waals surface area contributed by atoms with Gasteiger partial charge in [0, 0.05) is 45.8 Å². The van der Waals surface area contributed by atoms with Gasteiger partial charge in [-0.3, -0.25) is 24.1 Å². The smallest absolute Gasteiger partial charge is 0.255 e. The summed E-state index contributed by atoms with van der Waals surface area (Å²) in [6.07, 6.45) is 0.201. The Morgan fingerprint density at radius 3 is 2.40 bits per heavy atom. The molecule has 222 valence electrons. The monoisotopic (exact) mass is 558 g/mol. The molecule has 1 saturated heterocycles. The molecule has 2 aliphatic heterocycles. The predicted molar refractivity (Wildman–Crippen MR) is 153 cm³/mol. The molecule has 2 atom stereocenters. The fraction of sp³-hybridized carbons (Fsp3) is 0.655. The van der Waals surface area contributed by atoms with Crippen LogP contribution in [0, 0.1) is 5.92 Å². The molecule has 11 heteroatoms. The number of fused-ring (bicyclic) bond motifs is 1. The Labute approximate surface area is 238 Å². The van der Waals surface area contributed by atoms with Gasteiger partial charge in [0.15, 0.2) is 0 Å². The number of likely N-dealkylation sites (N-methyl/N-ethyl adjacent to an activating group) is 2. The second-order valence-corrected chi connectivity index (χ2v) is 11.2. The van der Waals surface area contributed by atoms with E-state index < -0.39 is 23.9 Å². The van der Waals surface area contributed by atoms with Crippen molar-refractivity contribution in [2.24, 2.45) is 5.92 Å². The lowest BCUT2D eigenvalue weighted by Crippen LogP contribution is -2.57. The van der Waals surface area contributed by atoms with Gasteiger partial charge in [0.05, 0.1) is 18.5 Å². The maximum Gasteiger partial charge on any atom is 0.255 e. The van der Waals surface area contributed by atoms with Crippen molar-refractivity contribution in [1.29, 1.82) is 0 Å². The van der Waals surface area contributed by atoms with Crippen LogP contribution in [-0.2, 0) is 14.4 Å². The van der Waals surface area contributed by atoms with Crippen molar-refractivity contribution in [3.8, 4) is 5.75 Å². The lowest BCUT2D eigenvalue weighted by Gasteiger charge is -2.37. The first-order valence-corrected chi connectivity index (χ1v) is 14.4. The van der Waals surface area contributed by atoms with E-state index in [1.807, 2.05) is 34.9 Å². The zero-order valence-electron chi connectivity index (χ0n) is 24.6. The van der Waals surface area contributed by atoms with E-state index in [0.29, 0.717) is 38.3 Å². The van der Waals surface area contributed by atoms with Gasteiger partial charge in [-0.25, -0.2) is 0 Å². The number of carbonyl (C=O) groups excluding carboxylic acids is 4. The molecule has 0 bridgehead atoms. The zero-order chi connectivity index (χ0) is 29.2. The SMILES string of the molecule is CCN1CCOc2ccccc2C(=O)N[C@H](C(=O)N2CCN(CCN(C)C)CC2)CC(=O)N[C@@H](CC(C)C)C1=O. The highest BCUT2D eigenvalue weighted by Gasteiger charge is 2.33. The van der Waals surface area contributed by atoms with Crippen LogP contribution in [0.4, 0.5) is 0 Å². The molecule has 1 aromatic carbocycles. The molecule has 3 rings (SSSR count). The van der Waals surface area contributed by atoms with Crippen LogP contribution in [0.5, 0.6) is 5.75 Å². The first-order valence-electron chi connectivity index (χ1n) is 14.4. The summed E-state index contributed by atoms with van der Waals surface area (Å²) >= 11 is 0. The molecule has 0 aliphatic carbocycles. The largest absolute Gasteiger partial charge is 0.491 e. The first kappa shape index (κ1) is 31.3. The molecule has 0 aromatic heterocycles. The van der Waals surface area contributed by atoms with E-state index in [-0.39, 0.29) is 36.3 Å². The molecule has 4 amide bonds. The summed E-state index contributed by atoms with van der Waals surface area (Å²) in [5.41, 5.74) is 0.276.